The fraction of sp³-hybridized carbons (Fsp3) is 0.750. The molecule has 1 aromatic heterocycles. The van der Waals surface area contributed by atoms with Gasteiger partial charge in [0.05, 0.1) is 19.1 Å². The average molecular weight is 344 g/mol. The highest BCUT2D eigenvalue weighted by Gasteiger charge is 2.37. The molecule has 2 aliphatic heterocycles. The second-order valence-corrected chi connectivity index (χ2v) is 6.72. The van der Waals surface area contributed by atoms with Crippen molar-refractivity contribution in [3.63, 3.8) is 0 Å². The Balaban J connectivity index is 1.53. The molecule has 0 saturated carbocycles. The van der Waals surface area contributed by atoms with Crippen LogP contribution in [0.25, 0.3) is 0 Å². The highest BCUT2D eigenvalue weighted by Crippen LogP contribution is 2.27. The van der Waals surface area contributed by atoms with Gasteiger partial charge in [0.2, 0.25) is 5.91 Å². The smallest absolute Gasteiger partial charge is 0.338 e. The number of rotatable bonds is 4. The fourth-order valence-electron chi connectivity index (χ4n) is 3.77. The highest BCUT2D eigenvalue weighted by atomic mass is 19.4. The van der Waals surface area contributed by atoms with Crippen LogP contribution < -0.4 is 0 Å². The number of nitrogens with zero attached hydrogens (tertiary/aromatic N) is 4. The van der Waals surface area contributed by atoms with E-state index in [-0.39, 0.29) is 17.9 Å². The molecule has 3 rings (SSSR count). The van der Waals surface area contributed by atoms with Gasteiger partial charge in [0.1, 0.15) is 0 Å². The third kappa shape index (κ3) is 4.28. The molecule has 5 nitrogen and oxygen atoms in total. The predicted octanol–water partition coefficient (Wildman–Crippen LogP) is 2.15. The van der Waals surface area contributed by atoms with Crippen LogP contribution in [-0.2, 0) is 11.3 Å². The zero-order valence-electron chi connectivity index (χ0n) is 13.6. The molecule has 0 aliphatic carbocycles. The van der Waals surface area contributed by atoms with Gasteiger partial charge in [-0.3, -0.25) is 14.4 Å². The minimum atomic E-state index is -4.17. The summed E-state index contributed by atoms with van der Waals surface area (Å²) in [6.07, 6.45) is 2.40. The summed E-state index contributed by atoms with van der Waals surface area (Å²) in [4.78, 5) is 16.1. The van der Waals surface area contributed by atoms with E-state index in [1.165, 1.54) is 4.90 Å². The van der Waals surface area contributed by atoms with Gasteiger partial charge in [-0.05, 0) is 44.8 Å². The molecule has 0 aromatic carbocycles. The number of likely N-dealkylation sites (tertiary alicyclic amines) is 2. The molecule has 134 valence electrons. The first kappa shape index (κ1) is 17.3. The summed E-state index contributed by atoms with van der Waals surface area (Å²) in [7, 11) is 0. The van der Waals surface area contributed by atoms with Crippen LogP contribution in [0.1, 0.15) is 25.7 Å². The van der Waals surface area contributed by atoms with Crippen molar-refractivity contribution in [3.8, 4) is 0 Å². The van der Waals surface area contributed by atoms with E-state index < -0.39 is 12.7 Å². The van der Waals surface area contributed by atoms with Crippen molar-refractivity contribution in [2.24, 2.45) is 5.92 Å². The number of amides is 1. The van der Waals surface area contributed by atoms with E-state index in [1.807, 2.05) is 21.8 Å². The quantitative estimate of drug-likeness (QED) is 0.840. The van der Waals surface area contributed by atoms with Gasteiger partial charge in [-0.25, -0.2) is 0 Å². The van der Waals surface area contributed by atoms with Crippen LogP contribution in [0.5, 0.6) is 0 Å². The minimum Gasteiger partial charge on any atom is -0.338 e. The molecule has 2 saturated heterocycles. The largest absolute Gasteiger partial charge is 0.401 e. The van der Waals surface area contributed by atoms with Gasteiger partial charge in [0.15, 0.2) is 0 Å². The Morgan fingerprint density at radius 3 is 2.54 bits per heavy atom. The number of aromatic nitrogens is 2. The molecule has 0 radical (unpaired) electrons. The Bertz CT molecular complexity index is 538. The Morgan fingerprint density at radius 1 is 1.17 bits per heavy atom. The summed E-state index contributed by atoms with van der Waals surface area (Å²) < 4.78 is 39.2. The van der Waals surface area contributed by atoms with Gasteiger partial charge in [0, 0.05) is 24.9 Å². The number of halogens is 3. The van der Waals surface area contributed by atoms with E-state index >= 15 is 0 Å². The molecular weight excluding hydrogens is 321 g/mol. The first-order valence-electron chi connectivity index (χ1n) is 8.49. The van der Waals surface area contributed by atoms with E-state index in [4.69, 9.17) is 0 Å². The summed E-state index contributed by atoms with van der Waals surface area (Å²) in [6, 6.07) is 2.00. The second kappa shape index (κ2) is 7.13. The number of piperidine rings is 1. The van der Waals surface area contributed by atoms with Crippen LogP contribution in [0.3, 0.4) is 0 Å². The molecular formula is C16H23F3N4O. The van der Waals surface area contributed by atoms with Crippen LogP contribution in [0.15, 0.2) is 18.5 Å². The van der Waals surface area contributed by atoms with Crippen molar-refractivity contribution in [1.82, 2.24) is 19.6 Å². The van der Waals surface area contributed by atoms with Gasteiger partial charge in [0.25, 0.3) is 0 Å². The Kier molecular flexibility index (Phi) is 5.12. The second-order valence-electron chi connectivity index (χ2n) is 6.72. The first-order valence-corrected chi connectivity index (χ1v) is 8.49. The summed E-state index contributed by atoms with van der Waals surface area (Å²) in [5.41, 5.74) is 0. The molecule has 0 N–H and O–H groups in total. The van der Waals surface area contributed by atoms with Crippen molar-refractivity contribution in [2.45, 2.75) is 44.4 Å². The third-order valence-corrected chi connectivity index (χ3v) is 4.96. The fourth-order valence-corrected chi connectivity index (χ4v) is 3.77. The van der Waals surface area contributed by atoms with Crippen molar-refractivity contribution in [1.29, 1.82) is 0 Å². The molecule has 1 aromatic rings. The molecule has 0 spiro atoms. The topological polar surface area (TPSA) is 41.4 Å². The molecule has 0 bridgehead atoms. The average Bonchev–Trinajstić information content (AvgIpc) is 3.18. The minimum absolute atomic E-state index is 0.108. The molecule has 8 heteroatoms. The predicted molar refractivity (Wildman–Crippen MR) is 82.2 cm³/mol. The summed E-state index contributed by atoms with van der Waals surface area (Å²) in [5, 5.41) is 4.20. The third-order valence-electron chi connectivity index (χ3n) is 4.96. The first-order chi connectivity index (χ1) is 11.4. The van der Waals surface area contributed by atoms with Crippen molar-refractivity contribution in [3.05, 3.63) is 18.5 Å². The van der Waals surface area contributed by atoms with Crippen LogP contribution >= 0.6 is 0 Å². The SMILES string of the molecule is O=C(C1CCN(CC(F)(F)F)CC1)N1CCCC1Cn1cccn1. The van der Waals surface area contributed by atoms with E-state index in [2.05, 4.69) is 5.10 Å². The maximum atomic E-state index is 12.8. The van der Waals surface area contributed by atoms with E-state index in [1.54, 1.807) is 6.20 Å². The van der Waals surface area contributed by atoms with Gasteiger partial charge >= 0.3 is 6.18 Å². The maximum absolute atomic E-state index is 12.8. The van der Waals surface area contributed by atoms with Crippen molar-refractivity contribution in [2.75, 3.05) is 26.2 Å². The molecule has 1 atom stereocenters. The summed E-state index contributed by atoms with van der Waals surface area (Å²) in [6.45, 7) is 1.24. The van der Waals surface area contributed by atoms with Gasteiger partial charge in [-0.1, -0.05) is 0 Å². The van der Waals surface area contributed by atoms with Crippen LogP contribution in [0.2, 0.25) is 0 Å². The van der Waals surface area contributed by atoms with Crippen molar-refractivity contribution < 1.29 is 18.0 Å². The maximum Gasteiger partial charge on any atom is 0.401 e. The van der Waals surface area contributed by atoms with Crippen molar-refractivity contribution >= 4 is 5.91 Å². The lowest BCUT2D eigenvalue weighted by Crippen LogP contribution is -2.46. The number of carbonyl (C=O) groups is 1. The van der Waals surface area contributed by atoms with Crippen LogP contribution in [0.4, 0.5) is 13.2 Å². The van der Waals surface area contributed by atoms with Gasteiger partial charge in [-0.15, -0.1) is 0 Å². The molecule has 2 aliphatic rings. The number of hydrogen-bond acceptors (Lipinski definition) is 3. The van der Waals surface area contributed by atoms with Gasteiger partial charge in [-0.2, -0.15) is 18.3 Å². The lowest BCUT2D eigenvalue weighted by Gasteiger charge is -2.35. The standard InChI is InChI=1S/C16H23F3N4O/c17-16(18,19)12-21-9-4-13(5-10-21)15(24)23-8-1-3-14(23)11-22-7-2-6-20-22/h2,6-7,13-14H,1,3-5,8-12H2. The number of carbonyl (C=O) groups excluding carboxylic acids is 1. The normalized spacial score (nSPS) is 23.8. The molecule has 1 unspecified atom stereocenters. The zero-order valence-corrected chi connectivity index (χ0v) is 13.6. The lowest BCUT2D eigenvalue weighted by molar-refractivity contribution is -0.151. The van der Waals surface area contributed by atoms with Crippen LogP contribution in [0, 0.1) is 5.92 Å². The van der Waals surface area contributed by atoms with Crippen LogP contribution in [-0.4, -0.2) is 63.9 Å². The van der Waals surface area contributed by atoms with E-state index in [0.717, 1.165) is 19.4 Å². The summed E-state index contributed by atoms with van der Waals surface area (Å²) in [5.74, 6) is -0.0379. The monoisotopic (exact) mass is 344 g/mol. The Labute approximate surface area is 139 Å². The van der Waals surface area contributed by atoms with E-state index in [9.17, 15) is 18.0 Å². The molecule has 2 fully saturated rings. The molecule has 24 heavy (non-hydrogen) atoms. The Morgan fingerprint density at radius 2 is 1.92 bits per heavy atom. The highest BCUT2D eigenvalue weighted by molar-refractivity contribution is 5.79. The molecule has 3 heterocycles. The lowest BCUT2D eigenvalue weighted by atomic mass is 9.95. The number of hydrogen-bond donors (Lipinski definition) is 0. The summed E-state index contributed by atoms with van der Waals surface area (Å²) >= 11 is 0. The zero-order chi connectivity index (χ0) is 17.2. The van der Waals surface area contributed by atoms with E-state index in [0.29, 0.717) is 32.5 Å². The Hall–Kier alpha value is -1.57. The number of alkyl halides is 3. The molecule has 1 amide bonds. The van der Waals surface area contributed by atoms with Gasteiger partial charge < -0.3 is 4.90 Å².